The quantitative estimate of drug-likeness (QED) is 0.716. The van der Waals surface area contributed by atoms with E-state index < -0.39 is 6.04 Å². The van der Waals surface area contributed by atoms with Gasteiger partial charge in [-0.05, 0) is 30.5 Å². The molecule has 0 aliphatic rings. The summed E-state index contributed by atoms with van der Waals surface area (Å²) in [6.45, 7) is 6.05. The summed E-state index contributed by atoms with van der Waals surface area (Å²) in [5.41, 5.74) is 1.79. The number of methoxy groups -OCH3 is 3. The van der Waals surface area contributed by atoms with Crippen molar-refractivity contribution in [1.82, 2.24) is 9.55 Å². The van der Waals surface area contributed by atoms with Gasteiger partial charge in [0.15, 0.2) is 11.5 Å². The van der Waals surface area contributed by atoms with Crippen LogP contribution in [0.1, 0.15) is 31.9 Å². The van der Waals surface area contributed by atoms with Gasteiger partial charge in [0.05, 0.1) is 26.9 Å². The number of benzene rings is 1. The van der Waals surface area contributed by atoms with E-state index in [2.05, 4.69) is 4.98 Å². The number of esters is 1. The van der Waals surface area contributed by atoms with Crippen molar-refractivity contribution in [2.24, 2.45) is 5.92 Å². The largest absolute Gasteiger partial charge is 0.493 e. The number of imidazole rings is 1. The van der Waals surface area contributed by atoms with Crippen LogP contribution in [0.4, 0.5) is 0 Å². The standard InChI is InChI=1S/C19H26N2O4/c1-7-13(3)16(19(22)25-6)21-9-8-20-18(21)14-10-12(2)11-15(23-4)17(14)24-5/h8-11,13,16H,7H2,1-6H3/t13-,16-/m0/s1. The maximum Gasteiger partial charge on any atom is 0.329 e. The summed E-state index contributed by atoms with van der Waals surface area (Å²) in [5, 5.41) is 0. The van der Waals surface area contributed by atoms with Crippen molar-refractivity contribution in [1.29, 1.82) is 0 Å². The van der Waals surface area contributed by atoms with Crippen molar-refractivity contribution >= 4 is 5.97 Å². The molecule has 25 heavy (non-hydrogen) atoms. The second-order valence-corrected chi connectivity index (χ2v) is 6.06. The molecule has 0 bridgehead atoms. The molecule has 0 N–H and O–H groups in total. The van der Waals surface area contributed by atoms with Crippen LogP contribution in [-0.4, -0.2) is 36.8 Å². The minimum absolute atomic E-state index is 0.0955. The first-order chi connectivity index (χ1) is 12.0. The predicted molar refractivity (Wildman–Crippen MR) is 96.0 cm³/mol. The fraction of sp³-hybridized carbons (Fsp3) is 0.474. The molecule has 1 aromatic heterocycles. The molecule has 0 aliphatic carbocycles. The third kappa shape index (κ3) is 3.62. The summed E-state index contributed by atoms with van der Waals surface area (Å²) in [6, 6.07) is 3.43. The SMILES string of the molecule is CC[C@H](C)[C@@H](C(=O)OC)n1ccnc1-c1cc(C)cc(OC)c1OC. The Kier molecular flexibility index (Phi) is 6.07. The number of ether oxygens (including phenoxy) is 3. The van der Waals surface area contributed by atoms with E-state index in [1.807, 2.05) is 37.5 Å². The minimum atomic E-state index is -0.455. The number of carbonyl (C=O) groups is 1. The van der Waals surface area contributed by atoms with Gasteiger partial charge in [-0.3, -0.25) is 0 Å². The molecule has 1 aromatic carbocycles. The molecule has 0 saturated carbocycles. The fourth-order valence-electron chi connectivity index (χ4n) is 2.98. The van der Waals surface area contributed by atoms with Gasteiger partial charge in [-0.1, -0.05) is 20.3 Å². The van der Waals surface area contributed by atoms with Crippen LogP contribution in [0.25, 0.3) is 11.4 Å². The highest BCUT2D eigenvalue weighted by molar-refractivity contribution is 5.77. The number of hydrogen-bond donors (Lipinski definition) is 0. The molecule has 0 aliphatic heterocycles. The number of aryl methyl sites for hydroxylation is 1. The van der Waals surface area contributed by atoms with E-state index in [-0.39, 0.29) is 11.9 Å². The van der Waals surface area contributed by atoms with Gasteiger partial charge in [0.25, 0.3) is 0 Å². The van der Waals surface area contributed by atoms with Gasteiger partial charge in [0.2, 0.25) is 0 Å². The topological polar surface area (TPSA) is 62.6 Å². The van der Waals surface area contributed by atoms with Gasteiger partial charge < -0.3 is 18.8 Å². The highest BCUT2D eigenvalue weighted by atomic mass is 16.5. The number of aromatic nitrogens is 2. The fourth-order valence-corrected chi connectivity index (χ4v) is 2.98. The van der Waals surface area contributed by atoms with E-state index in [4.69, 9.17) is 14.2 Å². The zero-order valence-electron chi connectivity index (χ0n) is 15.7. The summed E-state index contributed by atoms with van der Waals surface area (Å²) in [7, 11) is 4.60. The second kappa shape index (κ2) is 8.05. The predicted octanol–water partition coefficient (Wildman–Crippen LogP) is 3.64. The Morgan fingerprint density at radius 1 is 1.24 bits per heavy atom. The molecule has 0 radical (unpaired) electrons. The van der Waals surface area contributed by atoms with Crippen LogP contribution in [0.3, 0.4) is 0 Å². The van der Waals surface area contributed by atoms with Crippen LogP contribution in [0.15, 0.2) is 24.5 Å². The lowest BCUT2D eigenvalue weighted by atomic mass is 9.98. The van der Waals surface area contributed by atoms with E-state index in [9.17, 15) is 4.79 Å². The lowest BCUT2D eigenvalue weighted by Gasteiger charge is -2.24. The summed E-state index contributed by atoms with van der Waals surface area (Å²) < 4.78 is 17.9. The Morgan fingerprint density at radius 2 is 1.96 bits per heavy atom. The first kappa shape index (κ1) is 18.8. The van der Waals surface area contributed by atoms with Crippen molar-refractivity contribution in [3.8, 4) is 22.9 Å². The summed E-state index contributed by atoms with van der Waals surface area (Å²) in [4.78, 5) is 16.9. The summed E-state index contributed by atoms with van der Waals surface area (Å²) in [5.74, 6) is 1.68. The van der Waals surface area contributed by atoms with Gasteiger partial charge in [-0.25, -0.2) is 9.78 Å². The first-order valence-electron chi connectivity index (χ1n) is 8.32. The molecular formula is C19H26N2O4. The normalized spacial score (nSPS) is 13.2. The molecular weight excluding hydrogens is 320 g/mol. The monoisotopic (exact) mass is 346 g/mol. The van der Waals surface area contributed by atoms with Crippen molar-refractivity contribution < 1.29 is 19.0 Å². The Hall–Kier alpha value is -2.50. The van der Waals surface area contributed by atoms with Crippen molar-refractivity contribution in [2.45, 2.75) is 33.2 Å². The summed E-state index contributed by atoms with van der Waals surface area (Å²) >= 11 is 0. The third-order valence-corrected chi connectivity index (χ3v) is 4.46. The zero-order chi connectivity index (χ0) is 18.6. The number of rotatable bonds is 7. The van der Waals surface area contributed by atoms with Crippen LogP contribution in [-0.2, 0) is 9.53 Å². The molecule has 2 aromatic rings. The Bertz CT molecular complexity index is 739. The van der Waals surface area contributed by atoms with E-state index in [0.29, 0.717) is 17.3 Å². The minimum Gasteiger partial charge on any atom is -0.493 e. The molecule has 0 amide bonds. The molecule has 2 rings (SSSR count). The average Bonchev–Trinajstić information content (AvgIpc) is 3.09. The average molecular weight is 346 g/mol. The van der Waals surface area contributed by atoms with Gasteiger partial charge >= 0.3 is 5.97 Å². The van der Waals surface area contributed by atoms with E-state index in [1.54, 1.807) is 26.6 Å². The second-order valence-electron chi connectivity index (χ2n) is 6.06. The number of hydrogen-bond acceptors (Lipinski definition) is 5. The summed E-state index contributed by atoms with van der Waals surface area (Å²) in [6.07, 6.45) is 4.32. The van der Waals surface area contributed by atoms with Crippen molar-refractivity contribution in [2.75, 3.05) is 21.3 Å². The van der Waals surface area contributed by atoms with Crippen LogP contribution < -0.4 is 9.47 Å². The van der Waals surface area contributed by atoms with Crippen LogP contribution >= 0.6 is 0 Å². The lowest BCUT2D eigenvalue weighted by Crippen LogP contribution is -2.27. The molecule has 2 atom stereocenters. The molecule has 6 heteroatoms. The van der Waals surface area contributed by atoms with Crippen molar-refractivity contribution in [3.05, 3.63) is 30.1 Å². The van der Waals surface area contributed by atoms with Crippen molar-refractivity contribution in [3.63, 3.8) is 0 Å². The highest BCUT2D eigenvalue weighted by Gasteiger charge is 2.30. The smallest absolute Gasteiger partial charge is 0.329 e. The molecule has 0 fully saturated rings. The molecule has 6 nitrogen and oxygen atoms in total. The van der Waals surface area contributed by atoms with Crippen LogP contribution in [0.2, 0.25) is 0 Å². The highest BCUT2D eigenvalue weighted by Crippen LogP contribution is 2.40. The van der Waals surface area contributed by atoms with Crippen LogP contribution in [0.5, 0.6) is 11.5 Å². The Balaban J connectivity index is 2.66. The van der Waals surface area contributed by atoms with E-state index in [1.165, 1.54) is 7.11 Å². The number of nitrogens with zero attached hydrogens (tertiary/aromatic N) is 2. The maximum absolute atomic E-state index is 12.4. The third-order valence-electron chi connectivity index (χ3n) is 4.46. The first-order valence-corrected chi connectivity index (χ1v) is 8.32. The maximum atomic E-state index is 12.4. The molecule has 0 unspecified atom stereocenters. The molecule has 0 saturated heterocycles. The van der Waals surface area contributed by atoms with E-state index >= 15 is 0 Å². The zero-order valence-corrected chi connectivity index (χ0v) is 15.7. The molecule has 0 spiro atoms. The lowest BCUT2D eigenvalue weighted by molar-refractivity contribution is -0.146. The number of carbonyl (C=O) groups excluding carboxylic acids is 1. The Labute approximate surface area is 148 Å². The molecule has 136 valence electrons. The van der Waals surface area contributed by atoms with Gasteiger partial charge in [-0.2, -0.15) is 0 Å². The molecule has 1 heterocycles. The van der Waals surface area contributed by atoms with Gasteiger partial charge in [-0.15, -0.1) is 0 Å². The van der Waals surface area contributed by atoms with Crippen LogP contribution in [0, 0.1) is 12.8 Å². The van der Waals surface area contributed by atoms with Gasteiger partial charge in [0, 0.05) is 12.4 Å². The Morgan fingerprint density at radius 3 is 2.52 bits per heavy atom. The van der Waals surface area contributed by atoms with E-state index in [0.717, 1.165) is 17.5 Å². The van der Waals surface area contributed by atoms with Gasteiger partial charge in [0.1, 0.15) is 11.9 Å².